The summed E-state index contributed by atoms with van der Waals surface area (Å²) in [6.45, 7) is 4.36. The number of aryl methyl sites for hydroxylation is 2. The molecule has 1 heterocycles. The van der Waals surface area contributed by atoms with Crippen molar-refractivity contribution < 1.29 is 0 Å². The number of hydrogen-bond acceptors (Lipinski definition) is 3. The van der Waals surface area contributed by atoms with Crippen LogP contribution in [0.1, 0.15) is 41.4 Å². The van der Waals surface area contributed by atoms with Gasteiger partial charge in [0.1, 0.15) is 5.01 Å². The van der Waals surface area contributed by atoms with Gasteiger partial charge < -0.3 is 5.32 Å². The monoisotopic (exact) mass is 210 g/mol. The average molecular weight is 210 g/mol. The second-order valence-corrected chi connectivity index (χ2v) is 5.25. The second kappa shape index (κ2) is 3.99. The summed E-state index contributed by atoms with van der Waals surface area (Å²) in [5.41, 5.74) is 1.28. The van der Waals surface area contributed by atoms with Crippen molar-refractivity contribution in [1.29, 1.82) is 0 Å². The van der Waals surface area contributed by atoms with Crippen molar-refractivity contribution in [2.75, 3.05) is 7.05 Å². The molecule has 0 saturated heterocycles. The maximum Gasteiger partial charge on any atom is 0.110 e. The Labute approximate surface area is 89.8 Å². The fourth-order valence-corrected chi connectivity index (χ4v) is 3.12. The number of rotatable bonds is 4. The lowest BCUT2D eigenvalue weighted by molar-refractivity contribution is 0.525. The Morgan fingerprint density at radius 2 is 2.29 bits per heavy atom. The molecule has 0 aliphatic heterocycles. The molecule has 0 aromatic carbocycles. The van der Waals surface area contributed by atoms with E-state index in [0.717, 1.165) is 12.3 Å². The van der Waals surface area contributed by atoms with E-state index in [1.54, 1.807) is 0 Å². The smallest absolute Gasteiger partial charge is 0.110 e. The topological polar surface area (TPSA) is 24.9 Å². The highest BCUT2D eigenvalue weighted by atomic mass is 32.1. The predicted octanol–water partition coefficient (Wildman–Crippen LogP) is 2.68. The molecule has 1 aromatic heterocycles. The Morgan fingerprint density at radius 3 is 2.71 bits per heavy atom. The first kappa shape index (κ1) is 10.1. The summed E-state index contributed by atoms with van der Waals surface area (Å²) in [5.74, 6) is 0.843. The molecule has 3 heteroatoms. The summed E-state index contributed by atoms with van der Waals surface area (Å²) in [4.78, 5) is 6.11. The Hall–Kier alpha value is -0.410. The molecule has 0 spiro atoms. The molecule has 1 unspecified atom stereocenters. The highest BCUT2D eigenvalue weighted by Gasteiger charge is 2.33. The molecule has 1 N–H and O–H groups in total. The third-order valence-electron chi connectivity index (χ3n) is 2.91. The van der Waals surface area contributed by atoms with E-state index in [2.05, 4.69) is 19.2 Å². The molecule has 0 radical (unpaired) electrons. The maximum absolute atomic E-state index is 4.72. The van der Waals surface area contributed by atoms with Crippen LogP contribution in [0.5, 0.6) is 0 Å². The Bertz CT molecular complexity index is 315. The molecule has 1 aliphatic rings. The summed E-state index contributed by atoms with van der Waals surface area (Å²) in [6.07, 6.45) is 3.79. The highest BCUT2D eigenvalue weighted by molar-refractivity contribution is 7.11. The molecule has 14 heavy (non-hydrogen) atoms. The van der Waals surface area contributed by atoms with Gasteiger partial charge in [0.25, 0.3) is 0 Å². The lowest BCUT2D eigenvalue weighted by Crippen LogP contribution is -2.18. The van der Waals surface area contributed by atoms with E-state index in [1.807, 2.05) is 18.4 Å². The van der Waals surface area contributed by atoms with Gasteiger partial charge in [-0.05, 0) is 39.2 Å². The zero-order chi connectivity index (χ0) is 10.1. The molecule has 1 aliphatic carbocycles. The maximum atomic E-state index is 4.72. The van der Waals surface area contributed by atoms with Gasteiger partial charge in [0.05, 0.1) is 11.7 Å². The molecule has 1 aromatic rings. The predicted molar refractivity (Wildman–Crippen MR) is 60.8 cm³/mol. The normalized spacial score (nSPS) is 18.5. The van der Waals surface area contributed by atoms with Crippen molar-refractivity contribution in [3.05, 3.63) is 15.6 Å². The molecule has 0 bridgehead atoms. The summed E-state index contributed by atoms with van der Waals surface area (Å²) in [7, 11) is 2.05. The summed E-state index contributed by atoms with van der Waals surface area (Å²) in [6, 6.07) is 0.513. The molecular formula is C11H18N2S. The fourth-order valence-electron chi connectivity index (χ4n) is 1.90. The number of aromatic nitrogens is 1. The molecule has 1 atom stereocenters. The van der Waals surface area contributed by atoms with Crippen LogP contribution >= 0.6 is 11.3 Å². The van der Waals surface area contributed by atoms with Crippen LogP contribution < -0.4 is 5.32 Å². The molecule has 78 valence electrons. The van der Waals surface area contributed by atoms with Crippen molar-refractivity contribution in [2.45, 2.75) is 39.2 Å². The van der Waals surface area contributed by atoms with Gasteiger partial charge in [-0.2, -0.15) is 0 Å². The van der Waals surface area contributed by atoms with Gasteiger partial charge in [0, 0.05) is 4.88 Å². The zero-order valence-corrected chi connectivity index (χ0v) is 9.95. The number of hydrogen-bond donors (Lipinski definition) is 1. The zero-order valence-electron chi connectivity index (χ0n) is 9.13. The SMILES string of the molecule is CCc1nc(C(NC)C2CC2)sc1C. The van der Waals surface area contributed by atoms with Crippen LogP contribution in [0, 0.1) is 12.8 Å². The molecule has 1 saturated carbocycles. The van der Waals surface area contributed by atoms with E-state index >= 15 is 0 Å². The van der Waals surface area contributed by atoms with Gasteiger partial charge in [0.2, 0.25) is 0 Å². The average Bonchev–Trinajstić information content (AvgIpc) is 2.92. The van der Waals surface area contributed by atoms with Crippen LogP contribution in [0.3, 0.4) is 0 Å². The van der Waals surface area contributed by atoms with Crippen LogP contribution in [0.25, 0.3) is 0 Å². The van der Waals surface area contributed by atoms with E-state index in [1.165, 1.54) is 28.4 Å². The minimum absolute atomic E-state index is 0.513. The van der Waals surface area contributed by atoms with Crippen LogP contribution in [0.4, 0.5) is 0 Å². The van der Waals surface area contributed by atoms with Crippen molar-refractivity contribution in [1.82, 2.24) is 10.3 Å². The van der Waals surface area contributed by atoms with Crippen molar-refractivity contribution >= 4 is 11.3 Å². The number of nitrogens with one attached hydrogen (secondary N) is 1. The van der Waals surface area contributed by atoms with E-state index < -0.39 is 0 Å². The van der Waals surface area contributed by atoms with Crippen molar-refractivity contribution in [3.63, 3.8) is 0 Å². The first-order chi connectivity index (χ1) is 6.76. The van der Waals surface area contributed by atoms with E-state index in [0.29, 0.717) is 6.04 Å². The van der Waals surface area contributed by atoms with E-state index in [4.69, 9.17) is 4.98 Å². The molecule has 1 fully saturated rings. The van der Waals surface area contributed by atoms with Gasteiger partial charge >= 0.3 is 0 Å². The van der Waals surface area contributed by atoms with Crippen LogP contribution in [0.15, 0.2) is 0 Å². The Balaban J connectivity index is 2.20. The third-order valence-corrected chi connectivity index (χ3v) is 4.01. The standard InChI is InChI=1S/C11H18N2S/c1-4-9-7(2)14-11(13-9)10(12-3)8-5-6-8/h8,10,12H,4-6H2,1-3H3. The molecule has 0 amide bonds. The summed E-state index contributed by atoms with van der Waals surface area (Å²) in [5, 5.41) is 4.69. The third kappa shape index (κ3) is 1.84. The first-order valence-corrected chi connectivity index (χ1v) is 6.21. The summed E-state index contributed by atoms with van der Waals surface area (Å²) < 4.78 is 0. The van der Waals surface area contributed by atoms with Crippen LogP contribution in [0.2, 0.25) is 0 Å². The van der Waals surface area contributed by atoms with E-state index in [9.17, 15) is 0 Å². The van der Waals surface area contributed by atoms with Gasteiger partial charge in [-0.1, -0.05) is 6.92 Å². The van der Waals surface area contributed by atoms with Crippen molar-refractivity contribution in [3.8, 4) is 0 Å². The quantitative estimate of drug-likeness (QED) is 0.826. The van der Waals surface area contributed by atoms with Crippen LogP contribution in [-0.2, 0) is 6.42 Å². The van der Waals surface area contributed by atoms with Gasteiger partial charge in [-0.25, -0.2) is 4.98 Å². The minimum Gasteiger partial charge on any atom is -0.311 e. The largest absolute Gasteiger partial charge is 0.311 e. The highest BCUT2D eigenvalue weighted by Crippen LogP contribution is 2.42. The summed E-state index contributed by atoms with van der Waals surface area (Å²) >= 11 is 1.87. The Kier molecular flexibility index (Phi) is 2.88. The second-order valence-electron chi connectivity index (χ2n) is 4.01. The van der Waals surface area contributed by atoms with Gasteiger partial charge in [0.15, 0.2) is 0 Å². The van der Waals surface area contributed by atoms with Gasteiger partial charge in [-0.3, -0.25) is 0 Å². The first-order valence-electron chi connectivity index (χ1n) is 5.39. The van der Waals surface area contributed by atoms with Crippen molar-refractivity contribution in [2.24, 2.45) is 5.92 Å². The van der Waals surface area contributed by atoms with Gasteiger partial charge in [-0.15, -0.1) is 11.3 Å². The van der Waals surface area contributed by atoms with Crippen LogP contribution in [-0.4, -0.2) is 12.0 Å². The molecule has 2 rings (SSSR count). The number of thiazole rings is 1. The number of nitrogens with zero attached hydrogens (tertiary/aromatic N) is 1. The molecular weight excluding hydrogens is 192 g/mol. The van der Waals surface area contributed by atoms with E-state index in [-0.39, 0.29) is 0 Å². The molecule has 2 nitrogen and oxygen atoms in total. The minimum atomic E-state index is 0.513. The lowest BCUT2D eigenvalue weighted by Gasteiger charge is -2.11. The fraction of sp³-hybridized carbons (Fsp3) is 0.727. The lowest BCUT2D eigenvalue weighted by atomic mass is 10.2. The Morgan fingerprint density at radius 1 is 1.57 bits per heavy atom.